The second-order valence-electron chi connectivity index (χ2n) is 6.34. The Morgan fingerprint density at radius 1 is 0.893 bits per heavy atom. The molecule has 0 saturated carbocycles. The quantitative estimate of drug-likeness (QED) is 0.336. The van der Waals surface area contributed by atoms with Crippen LogP contribution in [0.1, 0.15) is 35.3 Å². The molecule has 28 heavy (non-hydrogen) atoms. The van der Waals surface area contributed by atoms with Crippen LogP contribution < -0.4 is 10.1 Å². The number of rotatable bonds is 8. The van der Waals surface area contributed by atoms with Crippen molar-refractivity contribution in [2.45, 2.75) is 19.4 Å². The van der Waals surface area contributed by atoms with Crippen molar-refractivity contribution < 1.29 is 9.53 Å². The predicted octanol–water partition coefficient (Wildman–Crippen LogP) is 7.04. The Hall–Kier alpha value is -2.11. The summed E-state index contributed by atoms with van der Waals surface area (Å²) in [6.07, 6.45) is 0.358. The number of carbonyl (C=O) groups is 1. The van der Waals surface area contributed by atoms with Gasteiger partial charge in [0.15, 0.2) is 5.78 Å². The second-order valence-corrected chi connectivity index (χ2v) is 8.17. The number of halogens is 2. The van der Waals surface area contributed by atoms with Crippen molar-refractivity contribution >= 4 is 43.3 Å². The first-order chi connectivity index (χ1) is 13.5. The van der Waals surface area contributed by atoms with Crippen LogP contribution in [0.3, 0.4) is 0 Å². The number of nitrogens with one attached hydrogen (secondary N) is 1. The summed E-state index contributed by atoms with van der Waals surface area (Å²) in [4.78, 5) is 12.9. The van der Waals surface area contributed by atoms with Crippen LogP contribution in [0.25, 0.3) is 0 Å². The molecule has 0 bridgehead atoms. The maximum absolute atomic E-state index is 12.9. The summed E-state index contributed by atoms with van der Waals surface area (Å²) in [6, 6.07) is 23.2. The van der Waals surface area contributed by atoms with Crippen LogP contribution in [0, 0.1) is 0 Å². The molecule has 1 atom stereocenters. The zero-order chi connectivity index (χ0) is 19.9. The van der Waals surface area contributed by atoms with E-state index < -0.39 is 0 Å². The molecule has 0 spiro atoms. The van der Waals surface area contributed by atoms with E-state index in [2.05, 4.69) is 37.2 Å². The van der Waals surface area contributed by atoms with Gasteiger partial charge < -0.3 is 10.1 Å². The van der Waals surface area contributed by atoms with Crippen LogP contribution in [0.2, 0.25) is 0 Å². The van der Waals surface area contributed by atoms with Crippen molar-refractivity contribution in [3.63, 3.8) is 0 Å². The van der Waals surface area contributed by atoms with Crippen molar-refractivity contribution in [2.75, 3.05) is 11.9 Å². The molecule has 0 aliphatic heterocycles. The number of carbonyl (C=O) groups excluding carboxylic acids is 1. The summed E-state index contributed by atoms with van der Waals surface area (Å²) in [6.45, 7) is 2.60. The Morgan fingerprint density at radius 3 is 2.04 bits per heavy atom. The first-order valence-electron chi connectivity index (χ1n) is 9.09. The summed E-state index contributed by atoms with van der Waals surface area (Å²) in [5.41, 5.74) is 2.71. The van der Waals surface area contributed by atoms with Crippen molar-refractivity contribution in [3.8, 4) is 5.75 Å². The topological polar surface area (TPSA) is 38.3 Å². The molecule has 0 saturated heterocycles. The molecule has 5 heteroatoms. The summed E-state index contributed by atoms with van der Waals surface area (Å²) >= 11 is 6.88. The van der Waals surface area contributed by atoms with Crippen LogP contribution in [0.15, 0.2) is 81.7 Å². The fraction of sp³-hybridized carbons (Fsp3) is 0.174. The van der Waals surface area contributed by atoms with Gasteiger partial charge in [0.2, 0.25) is 0 Å². The predicted molar refractivity (Wildman–Crippen MR) is 121 cm³/mol. The molecule has 0 amide bonds. The average Bonchev–Trinajstić information content (AvgIpc) is 2.70. The minimum Gasteiger partial charge on any atom is -0.494 e. The molecule has 0 fully saturated rings. The van der Waals surface area contributed by atoms with Crippen LogP contribution in [-0.4, -0.2) is 12.4 Å². The van der Waals surface area contributed by atoms with Gasteiger partial charge in [-0.3, -0.25) is 4.79 Å². The molecule has 1 unspecified atom stereocenters. The fourth-order valence-electron chi connectivity index (χ4n) is 2.90. The third-order valence-corrected chi connectivity index (χ3v) is 5.39. The van der Waals surface area contributed by atoms with Crippen molar-refractivity contribution in [1.82, 2.24) is 0 Å². The number of anilines is 1. The number of Topliss-reactive ketones (excluding diaryl/α,β-unsaturated/α-hetero) is 1. The minimum absolute atomic E-state index is 0.0962. The highest BCUT2D eigenvalue weighted by molar-refractivity contribution is 9.10. The normalized spacial score (nSPS) is 11.7. The lowest BCUT2D eigenvalue weighted by Crippen LogP contribution is -2.16. The second kappa shape index (κ2) is 9.89. The Balaban J connectivity index is 1.81. The molecule has 0 radical (unpaired) electrons. The van der Waals surface area contributed by atoms with Crippen molar-refractivity contribution in [2.24, 2.45) is 0 Å². The zero-order valence-electron chi connectivity index (χ0n) is 15.5. The van der Waals surface area contributed by atoms with Crippen LogP contribution in [0.4, 0.5) is 5.69 Å². The van der Waals surface area contributed by atoms with Gasteiger partial charge in [-0.15, -0.1) is 0 Å². The van der Waals surface area contributed by atoms with E-state index in [1.165, 1.54) is 0 Å². The first-order valence-corrected chi connectivity index (χ1v) is 10.7. The molecular weight excluding hydrogens is 482 g/mol. The van der Waals surface area contributed by atoms with Gasteiger partial charge in [-0.05, 0) is 61.0 Å². The molecule has 3 aromatic carbocycles. The maximum atomic E-state index is 12.9. The van der Waals surface area contributed by atoms with Gasteiger partial charge >= 0.3 is 0 Å². The number of ketones is 1. The van der Waals surface area contributed by atoms with Gasteiger partial charge in [0.1, 0.15) is 5.75 Å². The van der Waals surface area contributed by atoms with Crippen LogP contribution in [0.5, 0.6) is 5.75 Å². The number of benzene rings is 3. The number of ether oxygens (including phenoxy) is 1. The molecule has 0 aromatic heterocycles. The molecule has 1 N–H and O–H groups in total. The summed E-state index contributed by atoms with van der Waals surface area (Å²) in [7, 11) is 0. The molecule has 0 aliphatic carbocycles. The van der Waals surface area contributed by atoms with Gasteiger partial charge in [0.05, 0.1) is 12.6 Å². The highest BCUT2D eigenvalue weighted by Gasteiger charge is 2.17. The van der Waals surface area contributed by atoms with E-state index in [0.717, 1.165) is 25.9 Å². The highest BCUT2D eigenvalue weighted by atomic mass is 79.9. The largest absolute Gasteiger partial charge is 0.494 e. The highest BCUT2D eigenvalue weighted by Crippen LogP contribution is 2.27. The van der Waals surface area contributed by atoms with Gasteiger partial charge in [-0.2, -0.15) is 0 Å². The van der Waals surface area contributed by atoms with Gasteiger partial charge in [-0.1, -0.05) is 56.1 Å². The Bertz CT molecular complexity index is 907. The van der Waals surface area contributed by atoms with E-state index in [1.54, 1.807) is 0 Å². The zero-order valence-corrected chi connectivity index (χ0v) is 18.7. The van der Waals surface area contributed by atoms with E-state index >= 15 is 0 Å². The fourth-order valence-corrected chi connectivity index (χ4v) is 3.43. The monoisotopic (exact) mass is 501 g/mol. The van der Waals surface area contributed by atoms with E-state index in [4.69, 9.17) is 4.74 Å². The van der Waals surface area contributed by atoms with Crippen molar-refractivity contribution in [3.05, 3.63) is 92.9 Å². The molecule has 3 aromatic rings. The lowest BCUT2D eigenvalue weighted by atomic mass is 9.97. The molecule has 0 aliphatic rings. The third-order valence-electron chi connectivity index (χ3n) is 4.33. The number of hydrogen-bond donors (Lipinski definition) is 1. The molecule has 0 heterocycles. The smallest absolute Gasteiger partial charge is 0.165 e. The Morgan fingerprint density at radius 2 is 1.46 bits per heavy atom. The molecular formula is C23H21Br2NO2. The number of hydrogen-bond acceptors (Lipinski definition) is 3. The SMILES string of the molecule is CCOc1ccc(NC(CC(=O)c2ccc(Br)cc2)c2ccc(Br)cc2)cc1. The first kappa shape index (κ1) is 20.6. The Labute approximate surface area is 182 Å². The van der Waals surface area contributed by atoms with Gasteiger partial charge in [0.25, 0.3) is 0 Å². The van der Waals surface area contributed by atoms with Crippen LogP contribution >= 0.6 is 31.9 Å². The van der Waals surface area contributed by atoms with E-state index in [9.17, 15) is 4.79 Å². The Kier molecular flexibility index (Phi) is 7.29. The van der Waals surface area contributed by atoms with E-state index in [1.807, 2.05) is 79.7 Å². The lowest BCUT2D eigenvalue weighted by molar-refractivity contribution is 0.0976. The average molecular weight is 503 g/mol. The lowest BCUT2D eigenvalue weighted by Gasteiger charge is -2.20. The molecule has 3 rings (SSSR count). The van der Waals surface area contributed by atoms with Gasteiger partial charge in [-0.25, -0.2) is 0 Å². The summed E-state index contributed by atoms with van der Waals surface area (Å²) in [5, 5.41) is 3.50. The summed E-state index contributed by atoms with van der Waals surface area (Å²) in [5.74, 6) is 0.929. The minimum atomic E-state index is -0.137. The standard InChI is InChI=1S/C23H21Br2NO2/c1-2-28-21-13-11-20(12-14-21)26-22(16-3-7-18(24)8-4-16)15-23(27)17-5-9-19(25)10-6-17/h3-14,22,26H,2,15H2,1H3. The maximum Gasteiger partial charge on any atom is 0.165 e. The molecule has 3 nitrogen and oxygen atoms in total. The van der Waals surface area contributed by atoms with E-state index in [0.29, 0.717) is 18.6 Å². The molecule has 144 valence electrons. The van der Waals surface area contributed by atoms with Crippen LogP contribution in [-0.2, 0) is 0 Å². The summed E-state index contributed by atoms with van der Waals surface area (Å²) < 4.78 is 7.47. The van der Waals surface area contributed by atoms with E-state index in [-0.39, 0.29) is 11.8 Å². The third kappa shape index (κ3) is 5.69. The van der Waals surface area contributed by atoms with Gasteiger partial charge in [0, 0.05) is 26.6 Å². The van der Waals surface area contributed by atoms with Crippen molar-refractivity contribution in [1.29, 1.82) is 0 Å².